The third kappa shape index (κ3) is 3.59. The molecular formula is C16H14F5NO3S. The van der Waals surface area contributed by atoms with Crippen molar-refractivity contribution in [2.75, 3.05) is 25.3 Å². The molecule has 0 saturated carbocycles. The van der Waals surface area contributed by atoms with E-state index in [4.69, 9.17) is 4.74 Å². The second kappa shape index (κ2) is 7.10. The van der Waals surface area contributed by atoms with Gasteiger partial charge in [0, 0.05) is 37.2 Å². The van der Waals surface area contributed by atoms with E-state index >= 15 is 0 Å². The molecule has 0 saturated heterocycles. The Balaban J connectivity index is 2.57. The van der Waals surface area contributed by atoms with Crippen molar-refractivity contribution in [3.8, 4) is 5.75 Å². The van der Waals surface area contributed by atoms with Gasteiger partial charge in [0.25, 0.3) is 0 Å². The van der Waals surface area contributed by atoms with Gasteiger partial charge in [0.2, 0.25) is 0 Å². The van der Waals surface area contributed by atoms with E-state index in [1.807, 2.05) is 0 Å². The zero-order valence-corrected chi connectivity index (χ0v) is 14.7. The Morgan fingerprint density at radius 1 is 1.00 bits per heavy atom. The molecule has 0 atom stereocenters. The molecule has 0 heterocycles. The molecule has 0 unspecified atom stereocenters. The van der Waals surface area contributed by atoms with Crippen molar-refractivity contribution in [1.29, 1.82) is 0 Å². The Morgan fingerprint density at radius 2 is 1.58 bits per heavy atom. The molecule has 0 N–H and O–H groups in total. The fourth-order valence-electron chi connectivity index (χ4n) is 2.41. The average Bonchev–Trinajstić information content (AvgIpc) is 2.56. The maximum atomic E-state index is 14.1. The molecule has 0 aromatic heterocycles. The highest BCUT2D eigenvalue weighted by Crippen LogP contribution is 2.30. The number of sulfone groups is 1. The molecule has 0 aliphatic heterocycles. The molecule has 26 heavy (non-hydrogen) atoms. The lowest BCUT2D eigenvalue weighted by Crippen LogP contribution is -2.22. The zero-order chi connectivity index (χ0) is 19.8. The van der Waals surface area contributed by atoms with E-state index in [2.05, 4.69) is 0 Å². The highest BCUT2D eigenvalue weighted by molar-refractivity contribution is 7.90. The first-order valence-corrected chi connectivity index (χ1v) is 8.97. The summed E-state index contributed by atoms with van der Waals surface area (Å²) in [4.78, 5) is -0.137. The summed E-state index contributed by atoms with van der Waals surface area (Å²) < 4.78 is 97.1. The van der Waals surface area contributed by atoms with Crippen LogP contribution in [-0.4, -0.2) is 28.8 Å². The SMILES string of the molecule is COc1ccc(N(C)Cc2c(F)c(F)c(F)c(F)c2S(C)(=O)=O)cc1F. The average molecular weight is 395 g/mol. The lowest BCUT2D eigenvalue weighted by atomic mass is 10.1. The third-order valence-electron chi connectivity index (χ3n) is 3.66. The summed E-state index contributed by atoms with van der Waals surface area (Å²) in [5.74, 6) is -8.99. The number of ether oxygens (including phenoxy) is 1. The van der Waals surface area contributed by atoms with Crippen molar-refractivity contribution in [3.63, 3.8) is 0 Å². The molecule has 2 rings (SSSR count). The van der Waals surface area contributed by atoms with Crippen LogP contribution in [0.2, 0.25) is 0 Å². The molecule has 0 aliphatic carbocycles. The third-order valence-corrected chi connectivity index (χ3v) is 4.83. The quantitative estimate of drug-likeness (QED) is 0.337. The fourth-order valence-corrected chi connectivity index (χ4v) is 3.42. The van der Waals surface area contributed by atoms with Crippen LogP contribution >= 0.6 is 0 Å². The van der Waals surface area contributed by atoms with Crippen LogP contribution in [0.3, 0.4) is 0 Å². The summed E-state index contributed by atoms with van der Waals surface area (Å²) in [6, 6.07) is 3.64. The maximum Gasteiger partial charge on any atom is 0.198 e. The highest BCUT2D eigenvalue weighted by atomic mass is 32.2. The van der Waals surface area contributed by atoms with Gasteiger partial charge in [-0.05, 0) is 12.1 Å². The summed E-state index contributed by atoms with van der Waals surface area (Å²) in [6.07, 6.45) is 0.540. The molecule has 10 heteroatoms. The van der Waals surface area contributed by atoms with Crippen molar-refractivity contribution in [1.82, 2.24) is 0 Å². The molecule has 0 bridgehead atoms. The number of hydrogen-bond acceptors (Lipinski definition) is 4. The number of methoxy groups -OCH3 is 1. The number of halogens is 5. The summed E-state index contributed by atoms with van der Waals surface area (Å²) in [5, 5.41) is 0. The van der Waals surface area contributed by atoms with Crippen molar-refractivity contribution in [2.24, 2.45) is 0 Å². The van der Waals surface area contributed by atoms with Crippen LogP contribution in [0.4, 0.5) is 27.6 Å². The molecule has 2 aromatic carbocycles. The Hall–Kier alpha value is -2.36. The smallest absolute Gasteiger partial charge is 0.198 e. The van der Waals surface area contributed by atoms with E-state index in [0.717, 1.165) is 11.0 Å². The standard InChI is InChI=1S/C16H14F5NO3S/c1-22(8-4-5-11(25-2)10(17)6-8)7-9-12(18)13(19)14(20)15(21)16(9)26(3,23)24/h4-6H,7H2,1-3H3. The van der Waals surface area contributed by atoms with Gasteiger partial charge in [0.05, 0.1) is 7.11 Å². The first kappa shape index (κ1) is 20.0. The van der Waals surface area contributed by atoms with Gasteiger partial charge >= 0.3 is 0 Å². The van der Waals surface area contributed by atoms with Crippen LogP contribution in [0.15, 0.2) is 23.1 Å². The molecular weight excluding hydrogens is 381 g/mol. The van der Waals surface area contributed by atoms with E-state index < -0.39 is 55.9 Å². The van der Waals surface area contributed by atoms with Gasteiger partial charge in [0.1, 0.15) is 4.90 Å². The number of rotatable bonds is 5. The highest BCUT2D eigenvalue weighted by Gasteiger charge is 2.31. The molecule has 0 amide bonds. The van der Waals surface area contributed by atoms with Crippen molar-refractivity contribution >= 4 is 15.5 Å². The molecule has 0 radical (unpaired) electrons. The minimum absolute atomic E-state index is 0.0657. The Bertz CT molecular complexity index is 963. The van der Waals surface area contributed by atoms with Gasteiger partial charge in [-0.1, -0.05) is 0 Å². The topological polar surface area (TPSA) is 46.6 Å². The second-order valence-corrected chi connectivity index (χ2v) is 7.46. The molecule has 0 fully saturated rings. The van der Waals surface area contributed by atoms with Crippen LogP contribution in [-0.2, 0) is 16.4 Å². The molecule has 4 nitrogen and oxygen atoms in total. The number of hydrogen-bond donors (Lipinski definition) is 0. The zero-order valence-electron chi connectivity index (χ0n) is 13.9. The van der Waals surface area contributed by atoms with Gasteiger partial charge < -0.3 is 9.64 Å². The van der Waals surface area contributed by atoms with E-state index in [-0.39, 0.29) is 11.4 Å². The van der Waals surface area contributed by atoms with Crippen LogP contribution in [0.25, 0.3) is 0 Å². The largest absolute Gasteiger partial charge is 0.494 e. The molecule has 2 aromatic rings. The molecule has 142 valence electrons. The summed E-state index contributed by atoms with van der Waals surface area (Å²) in [6.45, 7) is -0.659. The first-order chi connectivity index (χ1) is 12.0. The van der Waals surface area contributed by atoms with Crippen molar-refractivity contribution in [2.45, 2.75) is 11.4 Å². The number of benzene rings is 2. The van der Waals surface area contributed by atoms with E-state index in [9.17, 15) is 30.4 Å². The summed E-state index contributed by atoms with van der Waals surface area (Å²) >= 11 is 0. The van der Waals surface area contributed by atoms with Crippen LogP contribution in [0.1, 0.15) is 5.56 Å². The van der Waals surface area contributed by atoms with Crippen LogP contribution in [0.5, 0.6) is 5.75 Å². The second-order valence-electron chi connectivity index (χ2n) is 5.51. The molecule has 0 spiro atoms. The minimum Gasteiger partial charge on any atom is -0.494 e. The molecule has 0 aliphatic rings. The van der Waals surface area contributed by atoms with Crippen LogP contribution < -0.4 is 9.64 Å². The van der Waals surface area contributed by atoms with Gasteiger partial charge in [0.15, 0.2) is 44.7 Å². The summed E-state index contributed by atoms with van der Waals surface area (Å²) in [5.41, 5.74) is -0.755. The Labute approximate surface area is 146 Å². The Morgan fingerprint density at radius 3 is 2.08 bits per heavy atom. The number of anilines is 1. The van der Waals surface area contributed by atoms with E-state index in [1.54, 1.807) is 0 Å². The number of nitrogens with zero attached hydrogens (tertiary/aromatic N) is 1. The maximum absolute atomic E-state index is 14.1. The lowest BCUT2D eigenvalue weighted by Gasteiger charge is -2.22. The van der Waals surface area contributed by atoms with E-state index in [1.165, 1.54) is 26.3 Å². The lowest BCUT2D eigenvalue weighted by molar-refractivity contribution is 0.386. The Kier molecular flexibility index (Phi) is 5.45. The first-order valence-electron chi connectivity index (χ1n) is 7.08. The van der Waals surface area contributed by atoms with Crippen LogP contribution in [0, 0.1) is 29.1 Å². The predicted molar refractivity (Wildman–Crippen MR) is 84.4 cm³/mol. The van der Waals surface area contributed by atoms with Gasteiger partial charge in [-0.2, -0.15) is 0 Å². The van der Waals surface area contributed by atoms with Gasteiger partial charge in [-0.25, -0.2) is 30.4 Å². The predicted octanol–water partition coefficient (Wildman–Crippen LogP) is 3.43. The fraction of sp³-hybridized carbons (Fsp3) is 0.250. The van der Waals surface area contributed by atoms with Gasteiger partial charge in [-0.15, -0.1) is 0 Å². The van der Waals surface area contributed by atoms with E-state index in [0.29, 0.717) is 6.26 Å². The minimum atomic E-state index is -4.41. The van der Waals surface area contributed by atoms with Gasteiger partial charge in [-0.3, -0.25) is 0 Å². The normalized spacial score (nSPS) is 11.5. The monoisotopic (exact) mass is 395 g/mol. The summed E-state index contributed by atoms with van der Waals surface area (Å²) in [7, 11) is -1.85. The van der Waals surface area contributed by atoms with Crippen molar-refractivity contribution in [3.05, 3.63) is 52.8 Å². The van der Waals surface area contributed by atoms with Crippen molar-refractivity contribution < 1.29 is 35.1 Å².